The maximum absolute atomic E-state index is 11.8. The highest BCUT2D eigenvalue weighted by atomic mass is 16.2. The van der Waals surface area contributed by atoms with Gasteiger partial charge in [-0.25, -0.2) is 9.78 Å². The van der Waals surface area contributed by atoms with Crippen molar-refractivity contribution in [1.29, 1.82) is 5.26 Å². The summed E-state index contributed by atoms with van der Waals surface area (Å²) in [5, 5.41) is 14.3. The molecule has 122 valence electrons. The summed E-state index contributed by atoms with van der Waals surface area (Å²) in [6.07, 6.45) is 2.57. The first-order chi connectivity index (χ1) is 11.0. The van der Waals surface area contributed by atoms with Crippen LogP contribution in [0.4, 0.5) is 10.6 Å². The minimum Gasteiger partial charge on any atom is -0.369 e. The molecule has 23 heavy (non-hydrogen) atoms. The van der Waals surface area contributed by atoms with Gasteiger partial charge in [-0.15, -0.1) is 0 Å². The Bertz CT molecular complexity index is 627. The van der Waals surface area contributed by atoms with Crippen molar-refractivity contribution in [3.8, 4) is 6.07 Å². The normalized spacial score (nSPS) is 18.9. The lowest BCUT2D eigenvalue weighted by molar-refractivity contribution is -0.124. The van der Waals surface area contributed by atoms with Crippen molar-refractivity contribution in [2.24, 2.45) is 11.7 Å². The van der Waals surface area contributed by atoms with Gasteiger partial charge in [-0.05, 0) is 37.9 Å². The second kappa shape index (κ2) is 7.56. The molecule has 0 saturated carbocycles. The molecule has 0 aromatic carbocycles. The monoisotopic (exact) mass is 316 g/mol. The summed E-state index contributed by atoms with van der Waals surface area (Å²) in [4.78, 5) is 28.7. The van der Waals surface area contributed by atoms with E-state index in [1.807, 2.05) is 4.90 Å². The first-order valence-corrected chi connectivity index (χ1v) is 7.44. The van der Waals surface area contributed by atoms with Crippen LogP contribution in [0, 0.1) is 17.2 Å². The zero-order valence-corrected chi connectivity index (χ0v) is 13.0. The van der Waals surface area contributed by atoms with Crippen LogP contribution in [0.25, 0.3) is 0 Å². The fourth-order valence-corrected chi connectivity index (χ4v) is 2.65. The topological polar surface area (TPSA) is 124 Å². The molecule has 1 aromatic rings. The molecule has 1 saturated heterocycles. The van der Waals surface area contributed by atoms with Gasteiger partial charge in [0.25, 0.3) is 0 Å². The van der Waals surface area contributed by atoms with Crippen molar-refractivity contribution >= 4 is 17.8 Å². The van der Waals surface area contributed by atoms with E-state index in [1.54, 1.807) is 25.3 Å². The summed E-state index contributed by atoms with van der Waals surface area (Å²) >= 11 is 0. The third kappa shape index (κ3) is 4.40. The number of hydrogen-bond acceptors (Lipinski definition) is 6. The molecular weight excluding hydrogens is 296 g/mol. The molecule has 1 fully saturated rings. The number of nitrogens with one attached hydrogen (secondary N) is 2. The van der Waals surface area contributed by atoms with Gasteiger partial charge in [0.1, 0.15) is 11.9 Å². The summed E-state index contributed by atoms with van der Waals surface area (Å²) in [6, 6.07) is 4.30. The Morgan fingerprint density at radius 1 is 1.61 bits per heavy atom. The van der Waals surface area contributed by atoms with E-state index in [0.717, 1.165) is 19.5 Å². The highest BCUT2D eigenvalue weighted by Gasteiger charge is 2.30. The van der Waals surface area contributed by atoms with Gasteiger partial charge in [0.15, 0.2) is 0 Å². The van der Waals surface area contributed by atoms with Crippen LogP contribution < -0.4 is 16.4 Å². The van der Waals surface area contributed by atoms with Crippen LogP contribution in [0.5, 0.6) is 0 Å². The lowest BCUT2D eigenvalue weighted by Crippen LogP contribution is -2.47. The van der Waals surface area contributed by atoms with Gasteiger partial charge in [0, 0.05) is 19.3 Å². The van der Waals surface area contributed by atoms with E-state index in [4.69, 9.17) is 11.0 Å². The maximum Gasteiger partial charge on any atom is 0.318 e. The van der Waals surface area contributed by atoms with Crippen molar-refractivity contribution in [3.05, 3.63) is 23.9 Å². The van der Waals surface area contributed by atoms with E-state index >= 15 is 0 Å². The molecule has 8 nitrogen and oxygen atoms in total. The van der Waals surface area contributed by atoms with E-state index in [2.05, 4.69) is 21.7 Å². The molecule has 0 aliphatic carbocycles. The summed E-state index contributed by atoms with van der Waals surface area (Å²) in [6.45, 7) is 3.93. The van der Waals surface area contributed by atoms with Gasteiger partial charge >= 0.3 is 6.03 Å². The minimum absolute atomic E-state index is 0.340. The van der Waals surface area contributed by atoms with Gasteiger partial charge in [-0.1, -0.05) is 0 Å². The van der Waals surface area contributed by atoms with Crippen molar-refractivity contribution in [3.63, 3.8) is 0 Å². The molecule has 1 aliphatic heterocycles. The Kier molecular flexibility index (Phi) is 5.49. The molecule has 1 aliphatic rings. The van der Waals surface area contributed by atoms with Crippen LogP contribution in [-0.2, 0) is 4.79 Å². The number of pyridine rings is 1. The van der Waals surface area contributed by atoms with Gasteiger partial charge in [-0.3, -0.25) is 15.0 Å². The number of carbonyl (C=O) groups is 2. The number of carbonyl (C=O) groups excluding carboxylic acids is 2. The number of amides is 3. The number of nitrogens with zero attached hydrogens (tertiary/aromatic N) is 3. The molecule has 0 unspecified atom stereocenters. The number of primary amides is 1. The molecule has 0 bridgehead atoms. The van der Waals surface area contributed by atoms with Crippen molar-refractivity contribution in [2.75, 3.05) is 25.0 Å². The van der Waals surface area contributed by atoms with E-state index in [0.29, 0.717) is 23.8 Å². The quantitative estimate of drug-likeness (QED) is 0.716. The van der Waals surface area contributed by atoms with Crippen LogP contribution >= 0.6 is 0 Å². The minimum atomic E-state index is -0.835. The smallest absolute Gasteiger partial charge is 0.318 e. The molecular formula is C15H20N6O2. The first-order valence-electron chi connectivity index (χ1n) is 7.44. The zero-order valence-electron chi connectivity index (χ0n) is 13.0. The summed E-state index contributed by atoms with van der Waals surface area (Å²) in [7, 11) is 0. The summed E-state index contributed by atoms with van der Waals surface area (Å²) in [5.41, 5.74) is 5.47. The first kappa shape index (κ1) is 16.7. The largest absolute Gasteiger partial charge is 0.369 e. The van der Waals surface area contributed by atoms with Crippen LogP contribution in [0.1, 0.15) is 18.9 Å². The Morgan fingerprint density at radius 2 is 2.39 bits per heavy atom. The van der Waals surface area contributed by atoms with E-state index in [1.165, 1.54) is 0 Å². The van der Waals surface area contributed by atoms with Crippen molar-refractivity contribution in [1.82, 2.24) is 15.2 Å². The molecule has 1 aromatic heterocycles. The number of nitriles is 1. The fraction of sp³-hybridized carbons (Fsp3) is 0.467. The molecule has 4 N–H and O–H groups in total. The lowest BCUT2D eigenvalue weighted by atomic mass is 10.1. The number of imide groups is 1. The standard InChI is InChI=1S/C15H20N6O2/c1-10(14(22)20-15(17)23)21-6-4-11(9-21)8-19-13-12(7-16)3-2-5-18-13/h2-3,5,10-11H,4,6,8-9H2,1H3,(H,18,19)(H3,17,20,22,23)/t10-,11+/m0/s1. The number of nitrogens with two attached hydrogens (primary N) is 1. The molecule has 2 atom stereocenters. The third-order valence-electron chi connectivity index (χ3n) is 3.98. The lowest BCUT2D eigenvalue weighted by Gasteiger charge is -2.22. The Labute approximate surface area is 134 Å². The second-order valence-electron chi connectivity index (χ2n) is 5.57. The van der Waals surface area contributed by atoms with E-state index in [-0.39, 0.29) is 5.91 Å². The third-order valence-corrected chi connectivity index (χ3v) is 3.98. The Hall–Kier alpha value is -2.66. The highest BCUT2D eigenvalue weighted by molar-refractivity contribution is 5.96. The highest BCUT2D eigenvalue weighted by Crippen LogP contribution is 2.20. The number of likely N-dealkylation sites (tertiary alicyclic amines) is 1. The van der Waals surface area contributed by atoms with E-state index in [9.17, 15) is 9.59 Å². The molecule has 2 heterocycles. The summed E-state index contributed by atoms with van der Waals surface area (Å²) in [5.74, 6) is 0.531. The van der Waals surface area contributed by atoms with E-state index < -0.39 is 12.1 Å². The SMILES string of the molecule is C[C@@H](C(=O)NC(N)=O)N1CC[C@H](CNc2ncccc2C#N)C1. The number of aromatic nitrogens is 1. The molecule has 8 heteroatoms. The second-order valence-corrected chi connectivity index (χ2v) is 5.57. The molecule has 0 spiro atoms. The van der Waals surface area contributed by atoms with Crippen LogP contribution in [0.2, 0.25) is 0 Å². The van der Waals surface area contributed by atoms with Gasteiger partial charge in [-0.2, -0.15) is 5.26 Å². The predicted octanol–water partition coefficient (Wildman–Crippen LogP) is 0.270. The Balaban J connectivity index is 1.85. The van der Waals surface area contributed by atoms with Crippen molar-refractivity contribution < 1.29 is 9.59 Å². The number of rotatable bonds is 5. The predicted molar refractivity (Wildman–Crippen MR) is 84.3 cm³/mol. The number of hydrogen-bond donors (Lipinski definition) is 3. The molecule has 2 rings (SSSR count). The average Bonchev–Trinajstić information content (AvgIpc) is 3.00. The van der Waals surface area contributed by atoms with Gasteiger partial charge in [0.2, 0.25) is 5.91 Å². The zero-order chi connectivity index (χ0) is 16.8. The maximum atomic E-state index is 11.8. The van der Waals surface area contributed by atoms with Crippen LogP contribution in [-0.4, -0.2) is 47.5 Å². The fourth-order valence-electron chi connectivity index (χ4n) is 2.65. The number of urea groups is 1. The summed E-state index contributed by atoms with van der Waals surface area (Å²) < 4.78 is 0. The van der Waals surface area contributed by atoms with Crippen molar-refractivity contribution in [2.45, 2.75) is 19.4 Å². The van der Waals surface area contributed by atoms with Crippen LogP contribution in [0.3, 0.4) is 0 Å². The van der Waals surface area contributed by atoms with Gasteiger partial charge < -0.3 is 11.1 Å². The number of anilines is 1. The molecule has 3 amide bonds. The average molecular weight is 316 g/mol. The van der Waals surface area contributed by atoms with Gasteiger partial charge in [0.05, 0.1) is 11.6 Å². The Morgan fingerprint density at radius 3 is 3.09 bits per heavy atom. The van der Waals surface area contributed by atoms with Crippen LogP contribution in [0.15, 0.2) is 18.3 Å². The molecule has 0 radical (unpaired) electrons.